The Hall–Kier alpha value is -4.60. The number of aliphatic carboxylic acids is 2. The van der Waals surface area contributed by atoms with Gasteiger partial charge < -0.3 is 14.8 Å². The number of aromatic nitrogens is 4. The van der Waals surface area contributed by atoms with Gasteiger partial charge in [-0.1, -0.05) is 12.1 Å². The molecule has 16 heteroatoms. The average Bonchev–Trinajstić information content (AvgIpc) is 3.43. The molecule has 0 bridgehead atoms. The number of halogens is 7. The van der Waals surface area contributed by atoms with Crippen molar-refractivity contribution in [2.45, 2.75) is 57.5 Å². The molecule has 1 aromatic carbocycles. The predicted octanol–water partition coefficient (Wildman–Crippen LogP) is 6.86. The van der Waals surface area contributed by atoms with Gasteiger partial charge in [0.05, 0.1) is 17.5 Å². The summed E-state index contributed by atoms with van der Waals surface area (Å²) in [5.74, 6) is -5.28. The van der Waals surface area contributed by atoms with Gasteiger partial charge in [-0.05, 0) is 75.7 Å². The molecule has 1 aliphatic heterocycles. The Morgan fingerprint density at radius 2 is 1.52 bits per heavy atom. The number of hydrogen-bond acceptors (Lipinski definition) is 6. The van der Waals surface area contributed by atoms with Crippen molar-refractivity contribution in [1.29, 1.82) is 0 Å². The second-order valence-corrected chi connectivity index (χ2v) is 10.5. The molecule has 248 valence electrons. The Kier molecular flexibility index (Phi) is 11.8. The number of fused-ring (bicyclic) bond motifs is 1. The van der Waals surface area contributed by atoms with Gasteiger partial charge in [-0.3, -0.25) is 14.9 Å². The monoisotopic (exact) mass is 657 g/mol. The Morgan fingerprint density at radius 3 is 2.00 bits per heavy atom. The zero-order valence-corrected chi connectivity index (χ0v) is 24.6. The van der Waals surface area contributed by atoms with Gasteiger partial charge in [0.2, 0.25) is 0 Å². The summed E-state index contributed by atoms with van der Waals surface area (Å²) in [7, 11) is 0. The summed E-state index contributed by atoms with van der Waals surface area (Å²) in [5.41, 5.74) is 6.28. The van der Waals surface area contributed by atoms with Crippen molar-refractivity contribution < 1.29 is 50.5 Å². The van der Waals surface area contributed by atoms with Gasteiger partial charge in [0, 0.05) is 42.2 Å². The molecule has 1 fully saturated rings. The van der Waals surface area contributed by atoms with Crippen LogP contribution in [0.3, 0.4) is 0 Å². The molecule has 3 aromatic heterocycles. The van der Waals surface area contributed by atoms with Crippen LogP contribution in [0.15, 0.2) is 61.2 Å². The summed E-state index contributed by atoms with van der Waals surface area (Å²) in [6.45, 7) is 7.24. The molecular formula is C30H30F7N5O4. The number of benzene rings is 1. The molecule has 0 spiro atoms. The Morgan fingerprint density at radius 1 is 0.957 bits per heavy atom. The maximum Gasteiger partial charge on any atom is 0.490 e. The average molecular weight is 658 g/mol. The van der Waals surface area contributed by atoms with Crippen LogP contribution >= 0.6 is 0 Å². The molecule has 0 atom stereocenters. The van der Waals surface area contributed by atoms with Crippen LogP contribution in [-0.2, 0) is 16.1 Å². The summed E-state index contributed by atoms with van der Waals surface area (Å²) in [4.78, 5) is 34.4. The number of hydrogen-bond donors (Lipinski definition) is 2. The van der Waals surface area contributed by atoms with Crippen molar-refractivity contribution >= 4 is 23.0 Å². The number of piperidine rings is 1. The fourth-order valence-electron chi connectivity index (χ4n) is 4.61. The van der Waals surface area contributed by atoms with E-state index in [9.17, 15) is 30.7 Å². The van der Waals surface area contributed by atoms with E-state index in [0.717, 1.165) is 66.0 Å². The van der Waals surface area contributed by atoms with Crippen LogP contribution in [0.1, 0.15) is 49.9 Å². The fraction of sp³-hybridized carbons (Fsp3) is 0.367. The number of likely N-dealkylation sites (tertiary alicyclic amines) is 1. The number of alkyl halides is 6. The van der Waals surface area contributed by atoms with Crippen LogP contribution in [0, 0.1) is 5.82 Å². The quantitative estimate of drug-likeness (QED) is 0.224. The van der Waals surface area contributed by atoms with Crippen molar-refractivity contribution in [2.24, 2.45) is 0 Å². The first-order valence-electron chi connectivity index (χ1n) is 13.8. The van der Waals surface area contributed by atoms with Crippen LogP contribution in [0.2, 0.25) is 0 Å². The predicted molar refractivity (Wildman–Crippen MR) is 152 cm³/mol. The third kappa shape index (κ3) is 9.95. The lowest BCUT2D eigenvalue weighted by Gasteiger charge is -2.32. The van der Waals surface area contributed by atoms with Gasteiger partial charge in [0.15, 0.2) is 0 Å². The molecule has 0 aliphatic carbocycles. The number of carboxylic acids is 2. The number of imidazole rings is 1. The SMILES string of the molecule is CC(C)n1cnc2c(-c3cccnc3)nc(C3CCN(Cc4ccc(F)cc4)CC3)cc21.O=C(O)C(F)(F)F.O=C(O)C(F)(F)F. The van der Waals surface area contributed by atoms with E-state index in [1.807, 2.05) is 30.7 Å². The van der Waals surface area contributed by atoms with Crippen LogP contribution in [0.5, 0.6) is 0 Å². The van der Waals surface area contributed by atoms with Crippen molar-refractivity contribution in [3.05, 3.63) is 78.3 Å². The second kappa shape index (κ2) is 15.1. The topological polar surface area (TPSA) is 121 Å². The van der Waals surface area contributed by atoms with Crippen molar-refractivity contribution in [2.75, 3.05) is 13.1 Å². The molecule has 1 aliphatic rings. The number of pyridine rings is 2. The minimum Gasteiger partial charge on any atom is -0.475 e. The van der Waals surface area contributed by atoms with Crippen molar-refractivity contribution in [3.63, 3.8) is 0 Å². The zero-order chi connectivity index (χ0) is 34.2. The molecule has 0 unspecified atom stereocenters. The van der Waals surface area contributed by atoms with E-state index in [2.05, 4.69) is 40.4 Å². The molecule has 5 rings (SSSR count). The van der Waals surface area contributed by atoms with E-state index in [4.69, 9.17) is 29.8 Å². The van der Waals surface area contributed by atoms with Gasteiger partial charge in [0.1, 0.15) is 11.3 Å². The molecular weight excluding hydrogens is 627 g/mol. The first-order chi connectivity index (χ1) is 21.5. The molecule has 4 heterocycles. The fourth-order valence-corrected chi connectivity index (χ4v) is 4.61. The Bertz CT molecular complexity index is 1580. The maximum atomic E-state index is 13.2. The van der Waals surface area contributed by atoms with Crippen molar-refractivity contribution in [1.82, 2.24) is 24.4 Å². The van der Waals surface area contributed by atoms with E-state index in [1.54, 1.807) is 18.3 Å². The lowest BCUT2D eigenvalue weighted by atomic mass is 9.92. The molecule has 4 aromatic rings. The van der Waals surface area contributed by atoms with E-state index in [1.165, 1.54) is 0 Å². The first-order valence-corrected chi connectivity index (χ1v) is 13.8. The third-order valence-electron chi connectivity index (χ3n) is 6.88. The molecule has 0 radical (unpaired) electrons. The maximum absolute atomic E-state index is 13.2. The van der Waals surface area contributed by atoms with Gasteiger partial charge in [-0.15, -0.1) is 0 Å². The highest BCUT2D eigenvalue weighted by Crippen LogP contribution is 2.34. The van der Waals surface area contributed by atoms with E-state index < -0.39 is 24.3 Å². The highest BCUT2D eigenvalue weighted by molar-refractivity contribution is 5.90. The third-order valence-corrected chi connectivity index (χ3v) is 6.88. The minimum absolute atomic E-state index is 0.181. The molecule has 0 amide bonds. The molecule has 0 saturated carbocycles. The lowest BCUT2D eigenvalue weighted by molar-refractivity contribution is -0.193. The van der Waals surface area contributed by atoms with E-state index >= 15 is 0 Å². The highest BCUT2D eigenvalue weighted by atomic mass is 19.4. The van der Waals surface area contributed by atoms with Gasteiger partial charge in [-0.2, -0.15) is 26.3 Å². The standard InChI is InChI=1S/C26H28FN5.2C2HF3O2/c1-18(2)32-17-29-26-24(32)14-23(30-25(26)21-4-3-11-28-15-21)20-9-12-31(13-10-20)16-19-5-7-22(27)8-6-19;2*3-2(4,5)1(6)7/h3-8,11,14-15,17-18,20H,9-10,12-13,16H2,1-2H3;2*(H,6,7). The number of carboxylic acid groups (broad SMARTS) is 2. The highest BCUT2D eigenvalue weighted by Gasteiger charge is 2.39. The van der Waals surface area contributed by atoms with E-state index in [-0.39, 0.29) is 5.82 Å². The summed E-state index contributed by atoms with van der Waals surface area (Å²) >= 11 is 0. The molecule has 46 heavy (non-hydrogen) atoms. The van der Waals surface area contributed by atoms with Crippen LogP contribution < -0.4 is 0 Å². The Labute approximate surface area is 258 Å². The van der Waals surface area contributed by atoms with Crippen LogP contribution in [0.25, 0.3) is 22.3 Å². The largest absolute Gasteiger partial charge is 0.490 e. The van der Waals surface area contributed by atoms with Crippen molar-refractivity contribution in [3.8, 4) is 11.3 Å². The van der Waals surface area contributed by atoms with Crippen LogP contribution in [-0.4, -0.2) is 72.0 Å². The van der Waals surface area contributed by atoms with E-state index in [0.29, 0.717) is 12.0 Å². The Balaban J connectivity index is 0.000000345. The number of rotatable bonds is 5. The number of nitrogens with zero attached hydrogens (tertiary/aromatic N) is 5. The summed E-state index contributed by atoms with van der Waals surface area (Å²) in [5, 5.41) is 14.2. The minimum atomic E-state index is -5.08. The molecule has 9 nitrogen and oxygen atoms in total. The smallest absolute Gasteiger partial charge is 0.475 e. The zero-order valence-electron chi connectivity index (χ0n) is 24.6. The van der Waals surface area contributed by atoms with Gasteiger partial charge in [0.25, 0.3) is 0 Å². The number of carbonyl (C=O) groups is 2. The summed E-state index contributed by atoms with van der Waals surface area (Å²) in [6, 6.07) is 13.4. The molecule has 2 N–H and O–H groups in total. The normalized spacial score (nSPS) is 14.3. The van der Waals surface area contributed by atoms with Gasteiger partial charge >= 0.3 is 24.3 Å². The summed E-state index contributed by atoms with van der Waals surface area (Å²) in [6.07, 6.45) is -2.48. The van der Waals surface area contributed by atoms with Crippen LogP contribution in [0.4, 0.5) is 30.7 Å². The van der Waals surface area contributed by atoms with Gasteiger partial charge in [-0.25, -0.2) is 19.0 Å². The first kappa shape index (κ1) is 35.9. The summed E-state index contributed by atoms with van der Waals surface area (Å²) < 4.78 is 78.9. The molecule has 1 saturated heterocycles. The second-order valence-electron chi connectivity index (χ2n) is 10.5. The lowest BCUT2D eigenvalue weighted by Crippen LogP contribution is -2.32.